The van der Waals surface area contributed by atoms with Gasteiger partial charge in [-0.05, 0) is 110 Å². The van der Waals surface area contributed by atoms with Gasteiger partial charge in [0.2, 0.25) is 5.13 Å². The number of benzene rings is 3. The van der Waals surface area contributed by atoms with Crippen molar-refractivity contribution in [3.63, 3.8) is 0 Å². The maximum absolute atomic E-state index is 4.49. The lowest BCUT2D eigenvalue weighted by atomic mass is 10.1. The average Bonchev–Trinajstić information content (AvgIpc) is 3.86. The molecular formula is C36H38N8S2. The van der Waals surface area contributed by atoms with Crippen LogP contribution < -0.4 is 4.90 Å². The Hall–Kier alpha value is -4.41. The molecule has 0 aliphatic carbocycles. The third-order valence-electron chi connectivity index (χ3n) is 7.94. The molecule has 8 nitrogen and oxygen atoms in total. The molecule has 3 aromatic carbocycles. The molecule has 46 heavy (non-hydrogen) atoms. The predicted molar refractivity (Wildman–Crippen MR) is 191 cm³/mol. The summed E-state index contributed by atoms with van der Waals surface area (Å²) in [4.78, 5) is 7.97. The Labute approximate surface area is 278 Å². The van der Waals surface area contributed by atoms with Gasteiger partial charge in [0, 0.05) is 19.3 Å². The fourth-order valence-electron chi connectivity index (χ4n) is 5.28. The Morgan fingerprint density at radius 1 is 0.696 bits per heavy atom. The van der Waals surface area contributed by atoms with Crippen LogP contribution in [0.3, 0.4) is 0 Å². The lowest BCUT2D eigenvalue weighted by Crippen LogP contribution is -2.15. The summed E-state index contributed by atoms with van der Waals surface area (Å²) in [7, 11) is 0. The smallest absolute Gasteiger partial charge is 0.230 e. The van der Waals surface area contributed by atoms with E-state index in [0.29, 0.717) is 5.13 Å². The third kappa shape index (κ3) is 8.24. The van der Waals surface area contributed by atoms with Gasteiger partial charge in [-0.2, -0.15) is 10.2 Å². The highest BCUT2D eigenvalue weighted by Crippen LogP contribution is 2.36. The van der Waals surface area contributed by atoms with Gasteiger partial charge in [-0.3, -0.25) is 0 Å². The first-order valence-corrected chi connectivity index (χ1v) is 17.5. The van der Waals surface area contributed by atoms with Crippen molar-refractivity contribution in [1.29, 1.82) is 0 Å². The highest BCUT2D eigenvalue weighted by molar-refractivity contribution is 7.19. The molecule has 1 fully saturated rings. The molecule has 0 amide bonds. The van der Waals surface area contributed by atoms with Gasteiger partial charge in [-0.25, -0.2) is 4.98 Å². The van der Waals surface area contributed by atoms with Crippen molar-refractivity contribution in [2.75, 3.05) is 18.0 Å². The number of nitrogens with zero attached hydrogens (tertiary/aromatic N) is 8. The molecule has 0 radical (unpaired) electrons. The summed E-state index contributed by atoms with van der Waals surface area (Å²) >= 11 is 3.22. The van der Waals surface area contributed by atoms with E-state index >= 15 is 0 Å². The van der Waals surface area contributed by atoms with Crippen LogP contribution in [0.1, 0.15) is 55.7 Å². The zero-order valence-electron chi connectivity index (χ0n) is 26.6. The molecule has 3 heterocycles. The van der Waals surface area contributed by atoms with E-state index < -0.39 is 0 Å². The molecule has 2 aromatic heterocycles. The maximum atomic E-state index is 4.49. The summed E-state index contributed by atoms with van der Waals surface area (Å²) in [6.07, 6.45) is 9.28. The number of aromatic nitrogens is 1. The van der Waals surface area contributed by atoms with E-state index in [1.54, 1.807) is 11.3 Å². The monoisotopic (exact) mass is 646 g/mol. The summed E-state index contributed by atoms with van der Waals surface area (Å²) in [6, 6.07) is 24.6. The van der Waals surface area contributed by atoms with Gasteiger partial charge in [0.1, 0.15) is 5.00 Å². The van der Waals surface area contributed by atoms with Crippen molar-refractivity contribution in [3.05, 3.63) is 95.7 Å². The van der Waals surface area contributed by atoms with Crippen LogP contribution in [0.4, 0.5) is 37.9 Å². The largest absolute Gasteiger partial charge is 0.363 e. The van der Waals surface area contributed by atoms with E-state index in [-0.39, 0.29) is 0 Å². The molecule has 10 heteroatoms. The van der Waals surface area contributed by atoms with E-state index in [1.807, 2.05) is 62.5 Å². The molecule has 0 unspecified atom stereocenters. The Kier molecular flexibility index (Phi) is 10.5. The first kappa shape index (κ1) is 31.6. The molecule has 6 rings (SSSR count). The molecule has 1 saturated heterocycles. The van der Waals surface area contributed by atoms with Gasteiger partial charge in [-0.1, -0.05) is 66.7 Å². The number of rotatable bonds is 12. The summed E-state index contributed by atoms with van der Waals surface area (Å²) in [5.74, 6) is 0. The number of thiophene rings is 1. The van der Waals surface area contributed by atoms with Gasteiger partial charge >= 0.3 is 0 Å². The summed E-state index contributed by atoms with van der Waals surface area (Å²) in [6.45, 7) is 8.50. The van der Waals surface area contributed by atoms with Gasteiger partial charge in [0.25, 0.3) is 0 Å². The van der Waals surface area contributed by atoms with Crippen LogP contribution in [0.5, 0.6) is 0 Å². The minimum Gasteiger partial charge on any atom is -0.363 e. The molecule has 0 atom stereocenters. The van der Waals surface area contributed by atoms with E-state index in [2.05, 4.69) is 77.8 Å². The predicted octanol–water partition coefficient (Wildman–Crippen LogP) is 13.1. The van der Waals surface area contributed by atoms with Crippen molar-refractivity contribution in [3.8, 4) is 10.4 Å². The minimum atomic E-state index is 0.630. The average molecular weight is 647 g/mol. The van der Waals surface area contributed by atoms with Crippen molar-refractivity contribution in [2.24, 2.45) is 30.7 Å². The normalized spacial score (nSPS) is 13.7. The Bertz CT molecular complexity index is 1850. The van der Waals surface area contributed by atoms with Crippen LogP contribution in [-0.4, -0.2) is 18.1 Å². The van der Waals surface area contributed by atoms with Gasteiger partial charge in [0.05, 0.1) is 32.6 Å². The zero-order valence-corrected chi connectivity index (χ0v) is 28.2. The Morgan fingerprint density at radius 3 is 2.04 bits per heavy atom. The van der Waals surface area contributed by atoms with Crippen LogP contribution >= 0.6 is 22.7 Å². The molecule has 0 bridgehead atoms. The topological polar surface area (TPSA) is 90.3 Å². The molecule has 1 aliphatic heterocycles. The van der Waals surface area contributed by atoms with E-state index in [0.717, 1.165) is 68.8 Å². The second-order valence-corrected chi connectivity index (χ2v) is 13.6. The van der Waals surface area contributed by atoms with E-state index in [4.69, 9.17) is 0 Å². The Morgan fingerprint density at radius 2 is 1.37 bits per heavy atom. The number of hydrogen-bond donors (Lipinski definition) is 0. The number of thiazole rings is 1. The summed E-state index contributed by atoms with van der Waals surface area (Å²) < 4.78 is 0. The second-order valence-electron chi connectivity index (χ2n) is 11.5. The van der Waals surface area contributed by atoms with Crippen molar-refractivity contribution in [1.82, 2.24) is 4.98 Å². The van der Waals surface area contributed by atoms with Crippen molar-refractivity contribution < 1.29 is 0 Å². The van der Waals surface area contributed by atoms with Crippen molar-refractivity contribution >= 4 is 60.6 Å². The standard InChI is InChI=1S/C36H38N8S2/c1-4-5-6-9-27-10-12-28(13-11-27)33-24-37-36(45-33)43-41-32-17-14-29(22-26(32)3)38-40-31-16-15-30(23-25(31)2)39-42-34-18-19-35(46-34)44-20-7-8-21-44/h10-19,22-24H,4-9,20-21H2,1-3H3. The highest BCUT2D eigenvalue weighted by atomic mass is 32.1. The van der Waals surface area contributed by atoms with Gasteiger partial charge < -0.3 is 4.90 Å². The van der Waals surface area contributed by atoms with Crippen LogP contribution in [0.15, 0.2) is 110 Å². The zero-order chi connectivity index (χ0) is 31.7. The number of azo groups is 3. The maximum Gasteiger partial charge on any atom is 0.230 e. The summed E-state index contributed by atoms with van der Waals surface area (Å²) in [5.41, 5.74) is 7.59. The van der Waals surface area contributed by atoms with E-state index in [1.165, 1.54) is 54.0 Å². The SMILES string of the molecule is CCCCCc1ccc(-c2cnc(N=Nc3ccc(N=Nc4ccc(N=Nc5ccc(N6CCCC6)s5)cc4C)cc3C)s2)cc1. The van der Waals surface area contributed by atoms with Crippen molar-refractivity contribution in [2.45, 2.75) is 59.3 Å². The second kappa shape index (κ2) is 15.2. The third-order valence-corrected chi connectivity index (χ3v) is 9.90. The number of aryl methyl sites for hydroxylation is 3. The lowest BCUT2D eigenvalue weighted by molar-refractivity contribution is 0.717. The number of anilines is 1. The molecule has 0 N–H and O–H groups in total. The first-order chi connectivity index (χ1) is 22.5. The lowest BCUT2D eigenvalue weighted by Gasteiger charge is -2.13. The summed E-state index contributed by atoms with van der Waals surface area (Å²) in [5, 5.41) is 29.6. The van der Waals surface area contributed by atoms with Crippen LogP contribution in [-0.2, 0) is 6.42 Å². The molecule has 1 aliphatic rings. The first-order valence-electron chi connectivity index (χ1n) is 15.9. The highest BCUT2D eigenvalue weighted by Gasteiger charge is 2.14. The fourth-order valence-corrected chi connectivity index (χ4v) is 6.90. The van der Waals surface area contributed by atoms with Crippen LogP contribution in [0.2, 0.25) is 0 Å². The molecule has 0 saturated carbocycles. The molecule has 234 valence electrons. The van der Waals surface area contributed by atoms with Gasteiger partial charge in [-0.15, -0.1) is 20.5 Å². The van der Waals surface area contributed by atoms with E-state index in [9.17, 15) is 0 Å². The quantitative estimate of drug-likeness (QED) is 0.0996. The number of unbranched alkanes of at least 4 members (excludes halogenated alkanes) is 2. The molecule has 0 spiro atoms. The number of hydrogen-bond acceptors (Lipinski definition) is 10. The van der Waals surface area contributed by atoms with Crippen LogP contribution in [0, 0.1) is 13.8 Å². The molecule has 5 aromatic rings. The van der Waals surface area contributed by atoms with Gasteiger partial charge in [0.15, 0.2) is 0 Å². The molecular weight excluding hydrogens is 609 g/mol. The van der Waals surface area contributed by atoms with Crippen LogP contribution in [0.25, 0.3) is 10.4 Å². The fraction of sp³-hybridized carbons (Fsp3) is 0.306. The Balaban J connectivity index is 1.05. The minimum absolute atomic E-state index is 0.630.